The molecule has 3 aromatic rings. The molecule has 0 spiro atoms. The lowest BCUT2D eigenvalue weighted by atomic mass is 9.89. The molecule has 0 unspecified atom stereocenters. The van der Waals surface area contributed by atoms with Gasteiger partial charge in [0.25, 0.3) is 5.56 Å². The topological polar surface area (TPSA) is 53.9 Å². The zero-order valence-electron chi connectivity index (χ0n) is 14.3. The number of nitrogens with zero attached hydrogens (tertiary/aromatic N) is 3. The number of rotatable bonds is 2. The summed E-state index contributed by atoms with van der Waals surface area (Å²) < 4.78 is 40.2. The summed E-state index contributed by atoms with van der Waals surface area (Å²) in [6, 6.07) is 5.49. The van der Waals surface area contributed by atoms with Gasteiger partial charge in [-0.3, -0.25) is 4.79 Å². The molecule has 3 heterocycles. The molecule has 0 atom stereocenters. The SMILES string of the molecule is CN1CCC(c2ccc3c(c2)c2nc[nH]c(=O)c2n3CC(F)(F)F)CC1. The molecule has 0 amide bonds. The summed E-state index contributed by atoms with van der Waals surface area (Å²) in [5.41, 5.74) is 1.22. The van der Waals surface area contributed by atoms with Crippen molar-refractivity contribution in [3.8, 4) is 0 Å². The van der Waals surface area contributed by atoms with Gasteiger partial charge in [0, 0.05) is 5.39 Å². The van der Waals surface area contributed by atoms with E-state index in [2.05, 4.69) is 21.9 Å². The number of hydrogen-bond acceptors (Lipinski definition) is 3. The Balaban J connectivity index is 1.89. The normalized spacial score (nSPS) is 17.4. The van der Waals surface area contributed by atoms with Gasteiger partial charge in [0.1, 0.15) is 17.6 Å². The van der Waals surface area contributed by atoms with Crippen LogP contribution in [0, 0.1) is 0 Å². The van der Waals surface area contributed by atoms with E-state index < -0.39 is 18.3 Å². The molecule has 8 heteroatoms. The van der Waals surface area contributed by atoms with Gasteiger partial charge < -0.3 is 14.5 Å². The highest BCUT2D eigenvalue weighted by molar-refractivity contribution is 6.05. The van der Waals surface area contributed by atoms with Crippen LogP contribution in [0.4, 0.5) is 13.2 Å². The predicted molar refractivity (Wildman–Crippen MR) is 93.4 cm³/mol. The fraction of sp³-hybridized carbons (Fsp3) is 0.444. The highest BCUT2D eigenvalue weighted by atomic mass is 19.4. The number of hydrogen-bond donors (Lipinski definition) is 1. The van der Waals surface area contributed by atoms with Crippen molar-refractivity contribution in [3.63, 3.8) is 0 Å². The third-order valence-electron chi connectivity index (χ3n) is 5.19. The first-order valence-corrected chi connectivity index (χ1v) is 8.58. The molecule has 0 bridgehead atoms. The third kappa shape index (κ3) is 2.98. The number of likely N-dealkylation sites (tertiary alicyclic amines) is 1. The van der Waals surface area contributed by atoms with Gasteiger partial charge in [0.05, 0.1) is 11.8 Å². The first-order valence-electron chi connectivity index (χ1n) is 8.58. The van der Waals surface area contributed by atoms with Crippen LogP contribution in [-0.4, -0.2) is 45.7 Å². The number of fused-ring (bicyclic) bond motifs is 3. The zero-order valence-corrected chi connectivity index (χ0v) is 14.3. The second-order valence-corrected chi connectivity index (χ2v) is 6.98. The van der Waals surface area contributed by atoms with E-state index in [4.69, 9.17) is 0 Å². The van der Waals surface area contributed by atoms with Crippen LogP contribution < -0.4 is 5.56 Å². The van der Waals surface area contributed by atoms with Crippen LogP contribution in [0.2, 0.25) is 0 Å². The van der Waals surface area contributed by atoms with Crippen molar-refractivity contribution in [2.45, 2.75) is 31.5 Å². The Hall–Kier alpha value is -2.35. The van der Waals surface area contributed by atoms with E-state index in [1.54, 1.807) is 6.07 Å². The van der Waals surface area contributed by atoms with Gasteiger partial charge in [0.15, 0.2) is 0 Å². The van der Waals surface area contributed by atoms with Crippen molar-refractivity contribution >= 4 is 21.9 Å². The molecular formula is C18H19F3N4O. The summed E-state index contributed by atoms with van der Waals surface area (Å²) in [5, 5.41) is 0.603. The number of aromatic nitrogens is 3. The van der Waals surface area contributed by atoms with Crippen molar-refractivity contribution < 1.29 is 13.2 Å². The maximum Gasteiger partial charge on any atom is 0.406 e. The minimum absolute atomic E-state index is 0.0275. The Bertz CT molecular complexity index is 1010. The Morgan fingerprint density at radius 2 is 2.00 bits per heavy atom. The number of piperidine rings is 1. The Morgan fingerprint density at radius 3 is 2.69 bits per heavy atom. The average molecular weight is 364 g/mol. The van der Waals surface area contributed by atoms with Gasteiger partial charge in [-0.15, -0.1) is 0 Å². The molecule has 0 aliphatic carbocycles. The lowest BCUT2D eigenvalue weighted by molar-refractivity contribution is -0.139. The van der Waals surface area contributed by atoms with Crippen LogP contribution in [0.15, 0.2) is 29.3 Å². The molecule has 1 aliphatic heterocycles. The maximum atomic E-state index is 13.1. The van der Waals surface area contributed by atoms with E-state index in [9.17, 15) is 18.0 Å². The van der Waals surface area contributed by atoms with E-state index in [0.29, 0.717) is 22.3 Å². The van der Waals surface area contributed by atoms with Gasteiger partial charge in [-0.1, -0.05) is 6.07 Å². The second-order valence-electron chi connectivity index (χ2n) is 6.98. The summed E-state index contributed by atoms with van der Waals surface area (Å²) in [6.07, 6.45) is -1.16. The highest BCUT2D eigenvalue weighted by Gasteiger charge is 2.31. The molecular weight excluding hydrogens is 345 g/mol. The Labute approximate surface area is 147 Å². The molecule has 1 aliphatic rings. The Morgan fingerprint density at radius 1 is 1.27 bits per heavy atom. The van der Waals surface area contributed by atoms with Crippen molar-refractivity contribution in [2.75, 3.05) is 20.1 Å². The minimum atomic E-state index is -4.42. The average Bonchev–Trinajstić information content (AvgIpc) is 2.89. The van der Waals surface area contributed by atoms with Crippen LogP contribution in [0.3, 0.4) is 0 Å². The van der Waals surface area contributed by atoms with Crippen molar-refractivity contribution in [1.29, 1.82) is 0 Å². The van der Waals surface area contributed by atoms with Crippen LogP contribution >= 0.6 is 0 Å². The highest BCUT2D eigenvalue weighted by Crippen LogP contribution is 2.34. The van der Waals surface area contributed by atoms with Gasteiger partial charge in [0.2, 0.25) is 0 Å². The molecule has 1 N–H and O–H groups in total. The maximum absolute atomic E-state index is 13.1. The summed E-state index contributed by atoms with van der Waals surface area (Å²) in [7, 11) is 2.08. The van der Waals surface area contributed by atoms with E-state index in [0.717, 1.165) is 36.1 Å². The third-order valence-corrected chi connectivity index (χ3v) is 5.19. The largest absolute Gasteiger partial charge is 0.406 e. The summed E-state index contributed by atoms with van der Waals surface area (Å²) in [5.74, 6) is 0.374. The Kier molecular flexibility index (Phi) is 4.02. The monoisotopic (exact) mass is 364 g/mol. The van der Waals surface area contributed by atoms with Crippen LogP contribution in [0.1, 0.15) is 24.3 Å². The van der Waals surface area contributed by atoms with Crippen LogP contribution in [0.25, 0.3) is 21.9 Å². The molecule has 2 aromatic heterocycles. The molecule has 5 nitrogen and oxygen atoms in total. The lowest BCUT2D eigenvalue weighted by Gasteiger charge is -2.29. The number of aromatic amines is 1. The fourth-order valence-electron chi connectivity index (χ4n) is 3.88. The molecule has 26 heavy (non-hydrogen) atoms. The second kappa shape index (κ2) is 6.12. The van der Waals surface area contributed by atoms with E-state index >= 15 is 0 Å². The van der Waals surface area contributed by atoms with Gasteiger partial charge in [-0.05, 0) is 56.6 Å². The fourth-order valence-corrected chi connectivity index (χ4v) is 3.88. The van der Waals surface area contributed by atoms with E-state index in [1.165, 1.54) is 6.33 Å². The summed E-state index contributed by atoms with van der Waals surface area (Å²) in [6.45, 7) is 0.780. The predicted octanol–water partition coefficient (Wildman–Crippen LogP) is 3.25. The standard InChI is InChI=1S/C18H19F3N4O/c1-24-6-4-11(5-7-24)12-2-3-14-13(8-12)15-16(17(26)23-10-22-15)25(14)9-18(19,20)21/h2-3,8,10-11H,4-7,9H2,1H3,(H,22,23,26). The molecule has 1 saturated heterocycles. The number of benzene rings is 1. The number of halogens is 3. The molecule has 0 radical (unpaired) electrons. The minimum Gasteiger partial charge on any atom is -0.325 e. The molecule has 138 valence electrons. The number of nitrogens with one attached hydrogen (secondary N) is 1. The lowest BCUT2D eigenvalue weighted by Crippen LogP contribution is -2.29. The first-order chi connectivity index (χ1) is 12.3. The van der Waals surface area contributed by atoms with E-state index in [-0.39, 0.29) is 5.52 Å². The van der Waals surface area contributed by atoms with Crippen molar-refractivity contribution in [3.05, 3.63) is 40.4 Å². The molecule has 1 fully saturated rings. The molecule has 1 aromatic carbocycles. The van der Waals surface area contributed by atoms with Crippen LogP contribution in [-0.2, 0) is 6.54 Å². The number of alkyl halides is 3. The summed E-state index contributed by atoms with van der Waals surface area (Å²) in [4.78, 5) is 21.0. The first kappa shape index (κ1) is 17.1. The van der Waals surface area contributed by atoms with E-state index in [1.807, 2.05) is 12.1 Å². The number of H-pyrrole nitrogens is 1. The molecule has 4 rings (SSSR count). The summed E-state index contributed by atoms with van der Waals surface area (Å²) >= 11 is 0. The van der Waals surface area contributed by atoms with Gasteiger partial charge in [-0.25, -0.2) is 4.98 Å². The van der Waals surface area contributed by atoms with Crippen molar-refractivity contribution in [2.24, 2.45) is 0 Å². The van der Waals surface area contributed by atoms with Crippen molar-refractivity contribution in [1.82, 2.24) is 19.4 Å². The van der Waals surface area contributed by atoms with Gasteiger partial charge in [-0.2, -0.15) is 13.2 Å². The quantitative estimate of drug-likeness (QED) is 0.760. The van der Waals surface area contributed by atoms with Gasteiger partial charge >= 0.3 is 6.18 Å². The molecule has 0 saturated carbocycles. The van der Waals surface area contributed by atoms with Crippen LogP contribution in [0.5, 0.6) is 0 Å². The smallest absolute Gasteiger partial charge is 0.325 e. The zero-order chi connectivity index (χ0) is 18.5.